The molecular formula is C20H27N3O4S. The van der Waals surface area contributed by atoms with Gasteiger partial charge in [0.15, 0.2) is 11.7 Å². The van der Waals surface area contributed by atoms with Gasteiger partial charge in [-0.2, -0.15) is 0 Å². The number of ether oxygens (including phenoxy) is 2. The number of nitrogens with one attached hydrogen (secondary N) is 1. The van der Waals surface area contributed by atoms with Gasteiger partial charge in [-0.1, -0.05) is 18.2 Å². The van der Waals surface area contributed by atoms with Crippen LogP contribution in [0.5, 0.6) is 5.75 Å². The van der Waals surface area contributed by atoms with E-state index in [4.69, 9.17) is 9.47 Å². The Morgan fingerprint density at radius 2 is 1.96 bits per heavy atom. The molecule has 1 aromatic carbocycles. The van der Waals surface area contributed by atoms with E-state index in [1.807, 2.05) is 39.0 Å². The van der Waals surface area contributed by atoms with Crippen LogP contribution in [0.15, 0.2) is 30.3 Å². The van der Waals surface area contributed by atoms with E-state index in [0.29, 0.717) is 37.1 Å². The molecule has 0 bridgehead atoms. The molecule has 1 heterocycles. The van der Waals surface area contributed by atoms with Gasteiger partial charge in [-0.15, -0.1) is 11.3 Å². The summed E-state index contributed by atoms with van der Waals surface area (Å²) in [5.74, 6) is 0.0866. The fourth-order valence-electron chi connectivity index (χ4n) is 2.41. The van der Waals surface area contributed by atoms with Crippen LogP contribution in [-0.4, -0.2) is 54.6 Å². The molecule has 0 saturated heterocycles. The molecule has 0 fully saturated rings. The minimum atomic E-state index is -0.279. The van der Waals surface area contributed by atoms with Gasteiger partial charge in [0.05, 0.1) is 5.69 Å². The molecule has 8 heteroatoms. The number of para-hydroxylation sites is 1. The van der Waals surface area contributed by atoms with Crippen molar-refractivity contribution in [3.63, 3.8) is 0 Å². The molecule has 2 amide bonds. The molecule has 0 aliphatic rings. The Morgan fingerprint density at radius 3 is 2.61 bits per heavy atom. The Bertz CT molecular complexity index is 745. The highest BCUT2D eigenvalue weighted by atomic mass is 32.1. The van der Waals surface area contributed by atoms with Gasteiger partial charge in [-0.05, 0) is 39.3 Å². The molecule has 0 unspecified atom stereocenters. The summed E-state index contributed by atoms with van der Waals surface area (Å²) in [5.41, 5.74) is 0.890. The van der Waals surface area contributed by atoms with Crippen LogP contribution in [-0.2, 0) is 14.3 Å². The smallest absolute Gasteiger partial charge is 0.260 e. The number of anilines is 1. The summed E-state index contributed by atoms with van der Waals surface area (Å²) in [6.45, 7) is 7.16. The third-order valence-electron chi connectivity index (χ3n) is 3.99. The molecule has 2 rings (SSSR count). The number of hydrogen-bond donors (Lipinski definition) is 1. The first-order valence-corrected chi connectivity index (χ1v) is 10.1. The molecule has 0 aliphatic heterocycles. The largest absolute Gasteiger partial charge is 0.484 e. The van der Waals surface area contributed by atoms with Crippen LogP contribution in [0.3, 0.4) is 0 Å². The first-order valence-electron chi connectivity index (χ1n) is 9.26. The van der Waals surface area contributed by atoms with Crippen molar-refractivity contribution < 1.29 is 19.1 Å². The third-order valence-corrected chi connectivity index (χ3v) is 4.98. The molecule has 7 nitrogen and oxygen atoms in total. The zero-order valence-corrected chi connectivity index (χ0v) is 17.4. The number of hydrogen-bond acceptors (Lipinski definition) is 6. The Balaban J connectivity index is 1.92. The number of aryl methyl sites for hydroxylation is 2. The van der Waals surface area contributed by atoms with Gasteiger partial charge < -0.3 is 19.7 Å². The van der Waals surface area contributed by atoms with E-state index < -0.39 is 0 Å². The monoisotopic (exact) mass is 405 g/mol. The van der Waals surface area contributed by atoms with Gasteiger partial charge in [0.25, 0.3) is 5.91 Å². The second-order valence-corrected chi connectivity index (χ2v) is 7.38. The minimum absolute atomic E-state index is 0.0548. The molecule has 0 spiro atoms. The first-order chi connectivity index (χ1) is 13.5. The van der Waals surface area contributed by atoms with E-state index in [-0.39, 0.29) is 25.0 Å². The lowest BCUT2D eigenvalue weighted by Gasteiger charge is -2.22. The van der Waals surface area contributed by atoms with Crippen molar-refractivity contribution >= 4 is 28.3 Å². The highest BCUT2D eigenvalue weighted by molar-refractivity contribution is 7.15. The lowest BCUT2D eigenvalue weighted by Crippen LogP contribution is -2.41. The number of carbonyl (C=O) groups excluding carboxylic acids is 2. The van der Waals surface area contributed by atoms with E-state index in [1.165, 1.54) is 16.2 Å². The van der Waals surface area contributed by atoms with Crippen molar-refractivity contribution in [3.8, 4) is 5.75 Å². The van der Waals surface area contributed by atoms with Crippen LogP contribution in [0.1, 0.15) is 23.9 Å². The van der Waals surface area contributed by atoms with Crippen molar-refractivity contribution in [2.24, 2.45) is 0 Å². The summed E-state index contributed by atoms with van der Waals surface area (Å²) in [7, 11) is 0. The van der Waals surface area contributed by atoms with Crippen molar-refractivity contribution in [2.75, 3.05) is 38.2 Å². The number of rotatable bonds is 11. The van der Waals surface area contributed by atoms with Crippen LogP contribution in [0, 0.1) is 13.8 Å². The maximum Gasteiger partial charge on any atom is 0.260 e. The topological polar surface area (TPSA) is 80.8 Å². The summed E-state index contributed by atoms with van der Waals surface area (Å²) in [6, 6.07) is 9.12. The highest BCUT2D eigenvalue weighted by Gasteiger charge is 2.18. The molecule has 0 saturated carbocycles. The summed E-state index contributed by atoms with van der Waals surface area (Å²) in [5, 5.41) is 3.31. The fourth-order valence-corrected chi connectivity index (χ4v) is 3.24. The number of amides is 2. The lowest BCUT2D eigenvalue weighted by atomic mass is 10.3. The SMILES string of the molecule is CCOCCCN(CC(=O)Nc1nc(C)c(C)s1)C(=O)COc1ccccc1. The Hall–Kier alpha value is -2.45. The van der Waals surface area contributed by atoms with Crippen molar-refractivity contribution in [2.45, 2.75) is 27.2 Å². The van der Waals surface area contributed by atoms with Gasteiger partial charge in [0, 0.05) is 24.6 Å². The average Bonchev–Trinajstić information content (AvgIpc) is 3.00. The fraction of sp³-hybridized carbons (Fsp3) is 0.450. The number of benzene rings is 1. The Morgan fingerprint density at radius 1 is 1.21 bits per heavy atom. The minimum Gasteiger partial charge on any atom is -0.484 e. The Labute approximate surface area is 169 Å². The molecule has 2 aromatic rings. The van der Waals surface area contributed by atoms with Crippen molar-refractivity contribution in [1.29, 1.82) is 0 Å². The molecule has 0 atom stereocenters. The summed E-state index contributed by atoms with van der Waals surface area (Å²) in [4.78, 5) is 31.8. The number of aromatic nitrogens is 1. The molecule has 1 aromatic heterocycles. The highest BCUT2D eigenvalue weighted by Crippen LogP contribution is 2.21. The van der Waals surface area contributed by atoms with E-state index in [9.17, 15) is 9.59 Å². The van der Waals surface area contributed by atoms with E-state index in [0.717, 1.165) is 10.6 Å². The molecule has 0 aliphatic carbocycles. The normalized spacial score (nSPS) is 10.5. The zero-order chi connectivity index (χ0) is 20.4. The number of carbonyl (C=O) groups is 2. The van der Waals surface area contributed by atoms with E-state index in [1.54, 1.807) is 12.1 Å². The quantitative estimate of drug-likeness (QED) is 0.581. The third kappa shape index (κ3) is 7.28. The van der Waals surface area contributed by atoms with Gasteiger partial charge in [-0.25, -0.2) is 4.98 Å². The lowest BCUT2D eigenvalue weighted by molar-refractivity contribution is -0.136. The second kappa shape index (κ2) is 11.4. The van der Waals surface area contributed by atoms with Gasteiger partial charge in [-0.3, -0.25) is 9.59 Å². The predicted molar refractivity (Wildman–Crippen MR) is 110 cm³/mol. The standard InChI is InChI=1S/C20H27N3O4S/c1-4-26-12-8-11-23(19(25)14-27-17-9-6-5-7-10-17)13-18(24)22-20-21-15(2)16(3)28-20/h5-7,9-10H,4,8,11-14H2,1-3H3,(H,21,22,24). The van der Waals surface area contributed by atoms with Crippen LogP contribution in [0.25, 0.3) is 0 Å². The maximum atomic E-state index is 12.6. The number of nitrogens with zero attached hydrogens (tertiary/aromatic N) is 2. The van der Waals surface area contributed by atoms with Crippen LogP contribution >= 0.6 is 11.3 Å². The van der Waals surface area contributed by atoms with Crippen LogP contribution in [0.4, 0.5) is 5.13 Å². The van der Waals surface area contributed by atoms with Crippen LogP contribution in [0.2, 0.25) is 0 Å². The summed E-state index contributed by atoms with van der Waals surface area (Å²) >= 11 is 1.42. The summed E-state index contributed by atoms with van der Waals surface area (Å²) in [6.07, 6.45) is 0.646. The van der Waals surface area contributed by atoms with Crippen LogP contribution < -0.4 is 10.1 Å². The average molecular weight is 406 g/mol. The van der Waals surface area contributed by atoms with Gasteiger partial charge in [0.2, 0.25) is 5.91 Å². The molecular weight excluding hydrogens is 378 g/mol. The maximum absolute atomic E-state index is 12.6. The second-order valence-electron chi connectivity index (χ2n) is 6.18. The number of thiazole rings is 1. The van der Waals surface area contributed by atoms with E-state index >= 15 is 0 Å². The predicted octanol–water partition coefficient (Wildman–Crippen LogP) is 3.03. The van der Waals surface area contributed by atoms with Crippen molar-refractivity contribution in [1.82, 2.24) is 9.88 Å². The first kappa shape index (κ1) is 21.8. The Kier molecular flexibility index (Phi) is 8.90. The molecule has 28 heavy (non-hydrogen) atoms. The molecule has 1 N–H and O–H groups in total. The van der Waals surface area contributed by atoms with E-state index in [2.05, 4.69) is 10.3 Å². The van der Waals surface area contributed by atoms with Gasteiger partial charge >= 0.3 is 0 Å². The van der Waals surface area contributed by atoms with Crippen molar-refractivity contribution in [3.05, 3.63) is 40.9 Å². The zero-order valence-electron chi connectivity index (χ0n) is 16.6. The summed E-state index contributed by atoms with van der Waals surface area (Å²) < 4.78 is 10.9. The van der Waals surface area contributed by atoms with Gasteiger partial charge in [0.1, 0.15) is 12.3 Å². The molecule has 152 valence electrons. The molecule has 0 radical (unpaired) electrons.